The molecule has 1 N–H and O–H groups in total. The number of aromatic nitrogens is 3. The molecule has 1 aliphatic heterocycles. The van der Waals surface area contributed by atoms with E-state index in [1.54, 1.807) is 13.0 Å². The van der Waals surface area contributed by atoms with Gasteiger partial charge in [-0.05, 0) is 24.6 Å². The van der Waals surface area contributed by atoms with Crippen molar-refractivity contribution >= 4 is 39.6 Å². The molecule has 30 heavy (non-hydrogen) atoms. The molecule has 0 radical (unpaired) electrons. The van der Waals surface area contributed by atoms with Crippen molar-refractivity contribution < 1.29 is 19.6 Å². The highest BCUT2D eigenvalue weighted by Gasteiger charge is 2.48. The summed E-state index contributed by atoms with van der Waals surface area (Å²) in [6.07, 6.45) is 2.86. The SMILES string of the molecule is Cc1nnc(N2C(=O)C(=O)/C(=C(/O)c3ccncc3)C2c2cccc([N+](=O)[O-])c2)s1. The number of aliphatic hydroxyl groups is 1. The minimum Gasteiger partial charge on any atom is -0.507 e. The highest BCUT2D eigenvalue weighted by Crippen LogP contribution is 2.43. The number of nitro benzene ring substituents is 1. The number of rotatable bonds is 4. The maximum atomic E-state index is 12.9. The highest BCUT2D eigenvalue weighted by atomic mass is 32.1. The van der Waals surface area contributed by atoms with E-state index in [0.29, 0.717) is 5.01 Å². The summed E-state index contributed by atoms with van der Waals surface area (Å²) in [6, 6.07) is 7.43. The fourth-order valence-electron chi connectivity index (χ4n) is 3.20. The summed E-state index contributed by atoms with van der Waals surface area (Å²) in [6.45, 7) is 1.69. The number of anilines is 1. The van der Waals surface area contributed by atoms with E-state index in [1.807, 2.05) is 0 Å². The largest absolute Gasteiger partial charge is 0.507 e. The Balaban J connectivity index is 1.97. The highest BCUT2D eigenvalue weighted by molar-refractivity contribution is 7.15. The van der Waals surface area contributed by atoms with E-state index in [2.05, 4.69) is 15.2 Å². The predicted molar refractivity (Wildman–Crippen MR) is 107 cm³/mol. The fraction of sp³-hybridized carbons (Fsp3) is 0.105. The molecule has 4 rings (SSSR count). The molecule has 0 bridgehead atoms. The number of pyridine rings is 1. The lowest BCUT2D eigenvalue weighted by Gasteiger charge is -2.22. The number of amides is 1. The molecule has 150 valence electrons. The van der Waals surface area contributed by atoms with Gasteiger partial charge in [0.25, 0.3) is 11.5 Å². The van der Waals surface area contributed by atoms with Crippen LogP contribution in [-0.2, 0) is 9.59 Å². The van der Waals surface area contributed by atoms with Gasteiger partial charge in [0.1, 0.15) is 10.8 Å². The van der Waals surface area contributed by atoms with Crippen LogP contribution in [0.15, 0.2) is 54.4 Å². The molecule has 3 heterocycles. The van der Waals surface area contributed by atoms with Gasteiger partial charge >= 0.3 is 5.91 Å². The molecular weight excluding hydrogens is 410 g/mol. The van der Waals surface area contributed by atoms with E-state index in [4.69, 9.17) is 0 Å². The van der Waals surface area contributed by atoms with Crippen LogP contribution in [0.3, 0.4) is 0 Å². The summed E-state index contributed by atoms with van der Waals surface area (Å²) in [4.78, 5) is 41.5. The van der Waals surface area contributed by atoms with Crippen molar-refractivity contribution in [3.8, 4) is 0 Å². The lowest BCUT2D eigenvalue weighted by atomic mass is 9.95. The number of non-ortho nitro benzene ring substituents is 1. The standard InChI is InChI=1S/C19H13N5O5S/c1-10-21-22-19(30-10)23-15(12-3-2-4-13(9-12)24(28)29)14(17(26)18(23)27)16(25)11-5-7-20-8-6-11/h2-9,15,25H,1H3/b16-14+. The Bertz CT molecular complexity index is 1210. The molecule has 1 aliphatic rings. The number of Topliss-reactive ketones (excluding diaryl/α,β-unsaturated/α-hetero) is 1. The van der Waals surface area contributed by atoms with Crippen molar-refractivity contribution in [2.45, 2.75) is 13.0 Å². The number of nitrogens with zero attached hydrogens (tertiary/aromatic N) is 5. The number of ketones is 1. The molecule has 1 atom stereocenters. The third-order valence-electron chi connectivity index (χ3n) is 4.52. The van der Waals surface area contributed by atoms with Crippen LogP contribution in [0.2, 0.25) is 0 Å². The van der Waals surface area contributed by atoms with E-state index < -0.39 is 28.4 Å². The van der Waals surface area contributed by atoms with Gasteiger partial charge in [0.05, 0.1) is 16.5 Å². The molecule has 1 unspecified atom stereocenters. The van der Waals surface area contributed by atoms with Crippen LogP contribution in [0, 0.1) is 17.0 Å². The smallest absolute Gasteiger partial charge is 0.301 e. The summed E-state index contributed by atoms with van der Waals surface area (Å²) in [7, 11) is 0. The quantitative estimate of drug-likeness (QED) is 0.222. The van der Waals surface area contributed by atoms with Crippen molar-refractivity contribution in [3.63, 3.8) is 0 Å². The molecule has 0 saturated carbocycles. The van der Waals surface area contributed by atoms with Crippen molar-refractivity contribution in [1.82, 2.24) is 15.2 Å². The van der Waals surface area contributed by atoms with Gasteiger partial charge in [-0.2, -0.15) is 0 Å². The monoisotopic (exact) mass is 423 g/mol. The van der Waals surface area contributed by atoms with Crippen LogP contribution in [-0.4, -0.2) is 36.9 Å². The number of nitro groups is 1. The molecule has 11 heteroatoms. The van der Waals surface area contributed by atoms with E-state index in [0.717, 1.165) is 16.2 Å². The van der Waals surface area contributed by atoms with E-state index in [-0.39, 0.29) is 27.5 Å². The molecule has 10 nitrogen and oxygen atoms in total. The number of carbonyl (C=O) groups excluding carboxylic acids is 2. The number of hydrogen-bond acceptors (Lipinski definition) is 9. The van der Waals surface area contributed by atoms with Crippen molar-refractivity contribution in [3.05, 3.63) is 80.6 Å². The zero-order chi connectivity index (χ0) is 21.4. The Morgan fingerprint density at radius 1 is 1.20 bits per heavy atom. The summed E-state index contributed by atoms with van der Waals surface area (Å²) >= 11 is 1.09. The van der Waals surface area contributed by atoms with E-state index in [9.17, 15) is 24.8 Å². The Kier molecular flexibility index (Phi) is 4.80. The van der Waals surface area contributed by atoms with Crippen molar-refractivity contribution in [2.75, 3.05) is 4.90 Å². The third kappa shape index (κ3) is 3.20. The molecule has 3 aromatic rings. The van der Waals surface area contributed by atoms with Crippen LogP contribution < -0.4 is 4.90 Å². The minimum atomic E-state index is -1.11. The first kappa shape index (κ1) is 19.3. The predicted octanol–water partition coefficient (Wildman–Crippen LogP) is 2.78. The lowest BCUT2D eigenvalue weighted by Crippen LogP contribution is -2.29. The van der Waals surface area contributed by atoms with Crippen LogP contribution in [0.4, 0.5) is 10.8 Å². The van der Waals surface area contributed by atoms with Crippen molar-refractivity contribution in [2.24, 2.45) is 0 Å². The van der Waals surface area contributed by atoms with Crippen molar-refractivity contribution in [1.29, 1.82) is 0 Å². The summed E-state index contributed by atoms with van der Waals surface area (Å²) < 4.78 is 0. The van der Waals surface area contributed by atoms with Crippen LogP contribution in [0.5, 0.6) is 0 Å². The number of hydrogen-bond donors (Lipinski definition) is 1. The lowest BCUT2D eigenvalue weighted by molar-refractivity contribution is -0.384. The van der Waals surface area contributed by atoms with Crippen LogP contribution >= 0.6 is 11.3 Å². The second-order valence-electron chi connectivity index (χ2n) is 6.36. The molecule has 1 fully saturated rings. The molecular formula is C19H13N5O5S. The van der Waals surface area contributed by atoms with E-state index in [1.165, 1.54) is 42.7 Å². The minimum absolute atomic E-state index is 0.153. The molecule has 0 aliphatic carbocycles. The van der Waals surface area contributed by atoms with Gasteiger partial charge < -0.3 is 5.11 Å². The maximum Gasteiger partial charge on any atom is 0.301 e. The van der Waals surface area contributed by atoms with Gasteiger partial charge in [0, 0.05) is 30.1 Å². The van der Waals surface area contributed by atoms with Crippen LogP contribution in [0.1, 0.15) is 22.2 Å². The maximum absolute atomic E-state index is 12.9. The third-order valence-corrected chi connectivity index (χ3v) is 5.35. The van der Waals surface area contributed by atoms with Gasteiger partial charge in [-0.25, -0.2) is 0 Å². The van der Waals surface area contributed by atoms with Gasteiger partial charge in [-0.15, -0.1) is 10.2 Å². The molecule has 2 aromatic heterocycles. The van der Waals surface area contributed by atoms with Gasteiger partial charge in [-0.3, -0.25) is 29.6 Å². The van der Waals surface area contributed by atoms with Gasteiger partial charge in [0.2, 0.25) is 5.13 Å². The van der Waals surface area contributed by atoms with Gasteiger partial charge in [0.15, 0.2) is 0 Å². The van der Waals surface area contributed by atoms with Crippen LogP contribution in [0.25, 0.3) is 5.76 Å². The average molecular weight is 423 g/mol. The Morgan fingerprint density at radius 2 is 1.93 bits per heavy atom. The normalized spacial score (nSPS) is 18.0. The summed E-state index contributed by atoms with van der Waals surface area (Å²) in [5.41, 5.74) is 0.161. The number of benzene rings is 1. The average Bonchev–Trinajstić information content (AvgIpc) is 3.29. The second kappa shape index (κ2) is 7.44. The summed E-state index contributed by atoms with van der Waals surface area (Å²) in [5, 5.41) is 30.7. The molecule has 1 saturated heterocycles. The molecule has 1 aromatic carbocycles. The first-order chi connectivity index (χ1) is 14.4. The second-order valence-corrected chi connectivity index (χ2v) is 7.52. The first-order valence-electron chi connectivity index (χ1n) is 8.64. The zero-order valence-electron chi connectivity index (χ0n) is 15.4. The summed E-state index contributed by atoms with van der Waals surface area (Å²) in [5.74, 6) is -2.23. The molecule has 0 spiro atoms. The Labute approximate surface area is 173 Å². The number of aryl methyl sites for hydroxylation is 1. The number of carbonyl (C=O) groups is 2. The zero-order valence-corrected chi connectivity index (χ0v) is 16.2. The topological polar surface area (TPSA) is 139 Å². The first-order valence-corrected chi connectivity index (χ1v) is 9.46. The van der Waals surface area contributed by atoms with Gasteiger partial charge in [-0.1, -0.05) is 23.5 Å². The van der Waals surface area contributed by atoms with E-state index >= 15 is 0 Å². The Morgan fingerprint density at radius 3 is 2.57 bits per heavy atom. The molecule has 1 amide bonds. The fourth-order valence-corrected chi connectivity index (χ4v) is 3.92. The number of aliphatic hydroxyl groups excluding tert-OH is 1. The Hall–Kier alpha value is -3.99.